The number of anilines is 3. The Morgan fingerprint density at radius 2 is 1.10 bits per heavy atom. The number of para-hydroxylation sites is 2. The molecule has 0 aliphatic heterocycles. The number of aromatic nitrogens is 1. The molecule has 6 aromatic carbocycles. The van der Waals surface area contributed by atoms with Crippen molar-refractivity contribution < 1.29 is 0 Å². The molecule has 2 nitrogen and oxygen atoms in total. The van der Waals surface area contributed by atoms with Crippen molar-refractivity contribution in [3.8, 4) is 16.8 Å². The molecule has 0 saturated heterocycles. The van der Waals surface area contributed by atoms with Gasteiger partial charge in [-0.05, 0) is 96.8 Å². The first-order valence-electron chi connectivity index (χ1n) is 14.8. The Hall–Kier alpha value is -5.08. The average Bonchev–Trinajstić information content (AvgIpc) is 3.37. The molecule has 0 fully saturated rings. The van der Waals surface area contributed by atoms with Crippen LogP contribution >= 0.6 is 0 Å². The summed E-state index contributed by atoms with van der Waals surface area (Å²) in [5.74, 6) is 0. The minimum absolute atomic E-state index is 1.11. The smallest absolute Gasteiger partial charge is 0.0541 e. The molecule has 7 aromatic rings. The number of hydrogen-bond acceptors (Lipinski definition) is 1. The maximum atomic E-state index is 2.36. The van der Waals surface area contributed by atoms with Crippen molar-refractivity contribution in [1.29, 1.82) is 0 Å². The molecule has 0 amide bonds. The molecule has 204 valence electrons. The Labute approximate surface area is 248 Å². The average molecular weight is 543 g/mol. The molecule has 7 rings (SSSR count). The number of rotatable bonds is 7. The third-order valence-corrected chi connectivity index (χ3v) is 8.17. The number of fused-ring (bicyclic) bond motifs is 3. The Morgan fingerprint density at radius 3 is 1.79 bits per heavy atom. The van der Waals surface area contributed by atoms with Gasteiger partial charge in [0.15, 0.2) is 0 Å². The number of benzene rings is 6. The van der Waals surface area contributed by atoms with Crippen LogP contribution in [0.4, 0.5) is 17.1 Å². The Kier molecular flexibility index (Phi) is 6.81. The molecule has 2 heteroatoms. The van der Waals surface area contributed by atoms with Gasteiger partial charge < -0.3 is 9.47 Å². The maximum absolute atomic E-state index is 2.36. The zero-order valence-electron chi connectivity index (χ0n) is 24.2. The summed E-state index contributed by atoms with van der Waals surface area (Å²) in [7, 11) is 0. The monoisotopic (exact) mass is 542 g/mol. The van der Waals surface area contributed by atoms with Crippen molar-refractivity contribution in [3.63, 3.8) is 0 Å². The molecule has 1 heterocycles. The zero-order chi connectivity index (χ0) is 28.5. The molecule has 0 radical (unpaired) electrons. The highest BCUT2D eigenvalue weighted by Crippen LogP contribution is 2.38. The fraction of sp³-hybridized carbons (Fsp3) is 0.100. The highest BCUT2D eigenvalue weighted by Gasteiger charge is 2.15. The highest BCUT2D eigenvalue weighted by atomic mass is 15.1. The lowest BCUT2D eigenvalue weighted by Crippen LogP contribution is -2.10. The van der Waals surface area contributed by atoms with Crippen LogP contribution in [-0.2, 0) is 6.42 Å². The minimum atomic E-state index is 1.11. The van der Waals surface area contributed by atoms with Gasteiger partial charge >= 0.3 is 0 Å². The topological polar surface area (TPSA) is 8.17 Å². The summed E-state index contributed by atoms with van der Waals surface area (Å²) in [6.07, 6.45) is 2.26. The van der Waals surface area contributed by atoms with Crippen LogP contribution in [0, 0.1) is 6.92 Å². The van der Waals surface area contributed by atoms with E-state index in [2.05, 4.69) is 169 Å². The van der Waals surface area contributed by atoms with Gasteiger partial charge in [-0.25, -0.2) is 0 Å². The van der Waals surface area contributed by atoms with Gasteiger partial charge in [0.25, 0.3) is 0 Å². The van der Waals surface area contributed by atoms with Crippen molar-refractivity contribution in [1.82, 2.24) is 4.57 Å². The summed E-state index contributed by atoms with van der Waals surface area (Å²) in [6.45, 7) is 4.36. The Bertz CT molecular complexity index is 1960. The minimum Gasteiger partial charge on any atom is -0.311 e. The summed E-state index contributed by atoms with van der Waals surface area (Å²) in [6, 6.07) is 53.0. The number of aryl methyl sites for hydroxylation is 2. The standard InChI is InChI=1S/C40H34N2/c1-3-9-30-16-23-35(24-17-30)41(34-21-14-29(2)15-22-34)36-25-18-31(19-26-36)32-20-27-40-38(28-32)37-12-7-8-13-39(37)42(40)33-10-5-4-6-11-33/h4-8,10-28H,3,9H2,1-2H3. The van der Waals surface area contributed by atoms with E-state index in [1.54, 1.807) is 0 Å². The van der Waals surface area contributed by atoms with Gasteiger partial charge in [0.1, 0.15) is 0 Å². The summed E-state index contributed by atoms with van der Waals surface area (Å²) >= 11 is 0. The second-order valence-electron chi connectivity index (χ2n) is 11.1. The predicted molar refractivity (Wildman–Crippen MR) is 180 cm³/mol. The summed E-state index contributed by atoms with van der Waals surface area (Å²) in [5, 5.41) is 2.54. The fourth-order valence-corrected chi connectivity index (χ4v) is 6.05. The van der Waals surface area contributed by atoms with Gasteiger partial charge in [0, 0.05) is 33.5 Å². The molecule has 0 N–H and O–H groups in total. The van der Waals surface area contributed by atoms with Crippen molar-refractivity contribution in [2.24, 2.45) is 0 Å². The first kappa shape index (κ1) is 25.9. The zero-order valence-corrected chi connectivity index (χ0v) is 24.2. The van der Waals surface area contributed by atoms with Gasteiger partial charge in [0.05, 0.1) is 11.0 Å². The number of hydrogen-bond donors (Lipinski definition) is 0. The Balaban J connectivity index is 1.29. The van der Waals surface area contributed by atoms with Crippen LogP contribution in [0.15, 0.2) is 146 Å². The first-order chi connectivity index (χ1) is 20.7. The van der Waals surface area contributed by atoms with Crippen LogP contribution in [0.5, 0.6) is 0 Å². The van der Waals surface area contributed by atoms with Crippen LogP contribution in [0.25, 0.3) is 38.6 Å². The SMILES string of the molecule is CCCc1ccc(N(c2ccc(C)cc2)c2ccc(-c3ccc4c(c3)c3ccccc3n4-c3ccccc3)cc2)cc1. The third kappa shape index (κ3) is 4.76. The van der Waals surface area contributed by atoms with Crippen molar-refractivity contribution in [3.05, 3.63) is 157 Å². The van der Waals surface area contributed by atoms with Gasteiger partial charge in [-0.2, -0.15) is 0 Å². The lowest BCUT2D eigenvalue weighted by atomic mass is 10.0. The Morgan fingerprint density at radius 1 is 0.524 bits per heavy atom. The van der Waals surface area contributed by atoms with E-state index >= 15 is 0 Å². The van der Waals surface area contributed by atoms with Crippen LogP contribution in [-0.4, -0.2) is 4.57 Å². The molecule has 0 atom stereocenters. The molecular weight excluding hydrogens is 508 g/mol. The molecule has 0 saturated carbocycles. The summed E-state index contributed by atoms with van der Waals surface area (Å²) < 4.78 is 2.36. The van der Waals surface area contributed by atoms with E-state index in [0.717, 1.165) is 24.2 Å². The normalized spacial score (nSPS) is 11.3. The summed E-state index contributed by atoms with van der Waals surface area (Å²) in [4.78, 5) is 2.34. The van der Waals surface area contributed by atoms with Gasteiger partial charge in [-0.1, -0.05) is 97.8 Å². The van der Waals surface area contributed by atoms with Crippen molar-refractivity contribution >= 4 is 38.9 Å². The predicted octanol–water partition coefficient (Wildman–Crippen LogP) is 11.2. The van der Waals surface area contributed by atoms with E-state index < -0.39 is 0 Å². The van der Waals surface area contributed by atoms with Crippen molar-refractivity contribution in [2.75, 3.05) is 4.90 Å². The summed E-state index contributed by atoms with van der Waals surface area (Å²) in [5.41, 5.74) is 12.2. The van der Waals surface area contributed by atoms with E-state index in [0.29, 0.717) is 0 Å². The van der Waals surface area contributed by atoms with E-state index in [9.17, 15) is 0 Å². The molecule has 0 unspecified atom stereocenters. The molecular formula is C40H34N2. The quantitative estimate of drug-likeness (QED) is 0.194. The van der Waals surface area contributed by atoms with E-state index in [1.165, 1.54) is 55.4 Å². The van der Waals surface area contributed by atoms with Gasteiger partial charge in [-0.15, -0.1) is 0 Å². The van der Waals surface area contributed by atoms with E-state index in [1.807, 2.05) is 0 Å². The van der Waals surface area contributed by atoms with Gasteiger partial charge in [-0.3, -0.25) is 0 Å². The molecule has 0 aliphatic rings. The van der Waals surface area contributed by atoms with Crippen LogP contribution in [0.2, 0.25) is 0 Å². The lowest BCUT2D eigenvalue weighted by molar-refractivity contribution is 0.922. The van der Waals surface area contributed by atoms with Gasteiger partial charge in [0.2, 0.25) is 0 Å². The number of nitrogens with zero attached hydrogens (tertiary/aromatic N) is 2. The van der Waals surface area contributed by atoms with Crippen molar-refractivity contribution in [2.45, 2.75) is 26.7 Å². The highest BCUT2D eigenvalue weighted by molar-refractivity contribution is 6.10. The molecule has 0 bridgehead atoms. The van der Waals surface area contributed by atoms with Crippen LogP contribution < -0.4 is 4.90 Å². The molecule has 0 aliphatic carbocycles. The fourth-order valence-electron chi connectivity index (χ4n) is 6.05. The second-order valence-corrected chi connectivity index (χ2v) is 11.1. The third-order valence-electron chi connectivity index (χ3n) is 8.17. The lowest BCUT2D eigenvalue weighted by Gasteiger charge is -2.26. The second kappa shape index (κ2) is 11.1. The molecule has 0 spiro atoms. The van der Waals surface area contributed by atoms with E-state index in [-0.39, 0.29) is 0 Å². The van der Waals surface area contributed by atoms with Crippen LogP contribution in [0.3, 0.4) is 0 Å². The molecule has 42 heavy (non-hydrogen) atoms. The van der Waals surface area contributed by atoms with E-state index in [4.69, 9.17) is 0 Å². The largest absolute Gasteiger partial charge is 0.311 e. The van der Waals surface area contributed by atoms with Crippen LogP contribution in [0.1, 0.15) is 24.5 Å². The maximum Gasteiger partial charge on any atom is 0.0541 e. The first-order valence-corrected chi connectivity index (χ1v) is 14.8. The molecule has 1 aromatic heterocycles.